The Kier molecular flexibility index (Phi) is 9.01. The Labute approximate surface area is 258 Å². The molecular weight excluding hydrogens is 579 g/mol. The van der Waals surface area contributed by atoms with E-state index >= 15 is 4.39 Å². The van der Waals surface area contributed by atoms with Crippen LogP contribution in [0.2, 0.25) is 0 Å². The van der Waals surface area contributed by atoms with Crippen molar-refractivity contribution in [3.05, 3.63) is 107 Å². The zero-order valence-electron chi connectivity index (χ0n) is 24.7. The molecule has 0 bridgehead atoms. The van der Waals surface area contributed by atoms with Gasteiger partial charge in [-0.1, -0.05) is 36.4 Å². The molecule has 5 aromatic rings. The number of nitrogens with zero attached hydrogens (tertiary/aromatic N) is 4. The largest absolute Gasteiger partial charge is 0.504 e. The van der Waals surface area contributed by atoms with Gasteiger partial charge in [-0.25, -0.2) is 9.37 Å². The van der Waals surface area contributed by atoms with Crippen LogP contribution in [0.25, 0.3) is 22.0 Å². The average Bonchev–Trinajstić information content (AvgIpc) is 3.06. The maximum Gasteiger partial charge on any atom is 0.261 e. The fraction of sp³-hybridized carbons (Fsp3) is 0.265. The summed E-state index contributed by atoms with van der Waals surface area (Å²) >= 11 is 0. The average molecular weight is 613 g/mol. The third kappa shape index (κ3) is 6.65. The molecule has 1 fully saturated rings. The van der Waals surface area contributed by atoms with Gasteiger partial charge in [0, 0.05) is 50.5 Å². The Hall–Kier alpha value is -4.84. The third-order valence-electron chi connectivity index (χ3n) is 7.79. The SMILES string of the molecule is Cn1c(C(O)c2ccccc2)ncc(-c2ccc(Oc3ccnc4cc(OCCCN5CCOCC5)c(O)cc34)c(F)c2)c1=O. The van der Waals surface area contributed by atoms with Crippen LogP contribution in [0.3, 0.4) is 0 Å². The molecule has 6 rings (SSSR count). The number of phenols is 1. The molecule has 0 amide bonds. The van der Waals surface area contributed by atoms with Gasteiger partial charge in [-0.2, -0.15) is 0 Å². The second-order valence-electron chi connectivity index (χ2n) is 10.8. The molecule has 45 heavy (non-hydrogen) atoms. The molecule has 1 atom stereocenters. The summed E-state index contributed by atoms with van der Waals surface area (Å²) in [4.78, 5) is 24.2. The number of hydrogen-bond acceptors (Lipinski definition) is 9. The summed E-state index contributed by atoms with van der Waals surface area (Å²) in [7, 11) is 1.51. The van der Waals surface area contributed by atoms with Crippen molar-refractivity contribution in [1.82, 2.24) is 19.4 Å². The third-order valence-corrected chi connectivity index (χ3v) is 7.79. The second kappa shape index (κ2) is 13.4. The number of hydrogen-bond donors (Lipinski definition) is 2. The van der Waals surface area contributed by atoms with Crippen LogP contribution in [0.1, 0.15) is 23.9 Å². The molecule has 1 aliphatic heterocycles. The molecule has 232 valence electrons. The van der Waals surface area contributed by atoms with E-state index in [1.54, 1.807) is 42.5 Å². The Morgan fingerprint density at radius 3 is 2.58 bits per heavy atom. The van der Waals surface area contributed by atoms with Gasteiger partial charge in [0.2, 0.25) is 0 Å². The van der Waals surface area contributed by atoms with E-state index in [0.29, 0.717) is 34.4 Å². The Morgan fingerprint density at radius 1 is 1.00 bits per heavy atom. The lowest BCUT2D eigenvalue weighted by Gasteiger charge is -2.26. The number of aromatic nitrogens is 3. The Morgan fingerprint density at radius 2 is 1.80 bits per heavy atom. The molecule has 1 saturated heterocycles. The highest BCUT2D eigenvalue weighted by Gasteiger charge is 2.19. The summed E-state index contributed by atoms with van der Waals surface area (Å²) in [5, 5.41) is 21.9. The van der Waals surface area contributed by atoms with Crippen LogP contribution < -0.4 is 15.0 Å². The van der Waals surface area contributed by atoms with Crippen molar-refractivity contribution in [2.75, 3.05) is 39.5 Å². The van der Waals surface area contributed by atoms with Gasteiger partial charge in [0.15, 0.2) is 23.1 Å². The van der Waals surface area contributed by atoms with Crippen LogP contribution in [-0.4, -0.2) is 69.1 Å². The lowest BCUT2D eigenvalue weighted by Crippen LogP contribution is -2.37. The number of fused-ring (bicyclic) bond motifs is 1. The highest BCUT2D eigenvalue weighted by atomic mass is 19.1. The van der Waals surface area contributed by atoms with Gasteiger partial charge in [-0.15, -0.1) is 0 Å². The molecular formula is C34H33FN4O6. The summed E-state index contributed by atoms with van der Waals surface area (Å²) in [6.45, 7) is 4.59. The molecule has 0 radical (unpaired) electrons. The van der Waals surface area contributed by atoms with E-state index in [2.05, 4.69) is 14.9 Å². The van der Waals surface area contributed by atoms with Gasteiger partial charge in [-0.05, 0) is 41.8 Å². The van der Waals surface area contributed by atoms with Crippen LogP contribution in [-0.2, 0) is 11.8 Å². The van der Waals surface area contributed by atoms with Gasteiger partial charge < -0.3 is 24.4 Å². The summed E-state index contributed by atoms with van der Waals surface area (Å²) in [5.41, 5.74) is 1.15. The first-order chi connectivity index (χ1) is 21.9. The highest BCUT2D eigenvalue weighted by molar-refractivity contribution is 5.88. The monoisotopic (exact) mass is 612 g/mol. The molecule has 2 aromatic heterocycles. The van der Waals surface area contributed by atoms with Gasteiger partial charge in [-0.3, -0.25) is 19.2 Å². The standard InChI is InChI=1S/C34H33FN4O6/c1-38-33(32(41)22-6-3-2-4-7-22)37-21-25(34(38)42)23-8-9-30(26(35)18-23)45-29-10-11-36-27-20-31(28(40)19-24(27)29)44-15-5-12-39-13-16-43-17-14-39/h2-4,6-11,18-21,32,40-41H,5,12-17H2,1H3. The van der Waals surface area contributed by atoms with E-state index in [0.717, 1.165) is 39.3 Å². The first-order valence-corrected chi connectivity index (χ1v) is 14.7. The van der Waals surface area contributed by atoms with Crippen molar-refractivity contribution < 1.29 is 28.8 Å². The number of morpholine rings is 1. The van der Waals surface area contributed by atoms with Crippen LogP contribution >= 0.6 is 0 Å². The topological polar surface area (TPSA) is 119 Å². The molecule has 1 unspecified atom stereocenters. The fourth-order valence-corrected chi connectivity index (χ4v) is 5.30. The predicted octanol–water partition coefficient (Wildman–Crippen LogP) is 4.82. The van der Waals surface area contributed by atoms with E-state index in [-0.39, 0.29) is 28.6 Å². The fourth-order valence-electron chi connectivity index (χ4n) is 5.30. The molecule has 11 heteroatoms. The number of rotatable bonds is 10. The lowest BCUT2D eigenvalue weighted by molar-refractivity contribution is 0.0357. The van der Waals surface area contributed by atoms with Crippen molar-refractivity contribution >= 4 is 10.9 Å². The Bertz CT molecular complexity index is 1860. The first-order valence-electron chi connectivity index (χ1n) is 14.7. The second-order valence-corrected chi connectivity index (χ2v) is 10.8. The number of pyridine rings is 1. The van der Waals surface area contributed by atoms with E-state index in [9.17, 15) is 15.0 Å². The van der Waals surface area contributed by atoms with Crippen molar-refractivity contribution in [1.29, 1.82) is 0 Å². The number of aliphatic hydroxyl groups is 1. The molecule has 10 nitrogen and oxygen atoms in total. The number of ether oxygens (including phenoxy) is 3. The molecule has 3 aromatic carbocycles. The normalized spacial score (nSPS) is 14.4. The summed E-state index contributed by atoms with van der Waals surface area (Å²) < 4.78 is 33.7. The number of halogens is 1. The minimum Gasteiger partial charge on any atom is -0.504 e. The summed E-state index contributed by atoms with van der Waals surface area (Å²) in [6.07, 6.45) is 2.57. The van der Waals surface area contributed by atoms with Crippen LogP contribution in [0.15, 0.2) is 83.9 Å². The quantitative estimate of drug-likeness (QED) is 0.214. The van der Waals surface area contributed by atoms with Gasteiger partial charge in [0.25, 0.3) is 5.56 Å². The predicted molar refractivity (Wildman–Crippen MR) is 166 cm³/mol. The van der Waals surface area contributed by atoms with E-state index in [1.807, 2.05) is 6.07 Å². The maximum atomic E-state index is 15.3. The van der Waals surface area contributed by atoms with E-state index in [4.69, 9.17) is 14.2 Å². The highest BCUT2D eigenvalue weighted by Crippen LogP contribution is 2.37. The molecule has 0 saturated carbocycles. The van der Waals surface area contributed by atoms with Crippen LogP contribution in [0.5, 0.6) is 23.0 Å². The van der Waals surface area contributed by atoms with Crippen molar-refractivity contribution in [2.45, 2.75) is 12.5 Å². The summed E-state index contributed by atoms with van der Waals surface area (Å²) in [5.74, 6) is -0.0799. The molecule has 0 spiro atoms. The smallest absolute Gasteiger partial charge is 0.261 e. The van der Waals surface area contributed by atoms with Crippen molar-refractivity contribution in [3.8, 4) is 34.1 Å². The van der Waals surface area contributed by atoms with Crippen LogP contribution in [0, 0.1) is 5.82 Å². The van der Waals surface area contributed by atoms with Gasteiger partial charge in [0.1, 0.15) is 17.7 Å². The molecule has 3 heterocycles. The lowest BCUT2D eigenvalue weighted by atomic mass is 10.1. The maximum absolute atomic E-state index is 15.3. The number of benzene rings is 3. The zero-order chi connectivity index (χ0) is 31.3. The number of phenolic OH excluding ortho intramolecular Hbond substituents is 1. The minimum absolute atomic E-state index is 0.0740. The van der Waals surface area contributed by atoms with Gasteiger partial charge >= 0.3 is 0 Å². The van der Waals surface area contributed by atoms with Gasteiger partial charge in [0.05, 0.1) is 30.9 Å². The number of aromatic hydroxyl groups is 1. The minimum atomic E-state index is -1.09. The summed E-state index contributed by atoms with van der Waals surface area (Å²) in [6, 6.07) is 17.8. The Balaban J connectivity index is 1.17. The first kappa shape index (κ1) is 30.2. The zero-order valence-corrected chi connectivity index (χ0v) is 24.7. The van der Waals surface area contributed by atoms with Crippen molar-refractivity contribution in [3.63, 3.8) is 0 Å². The van der Waals surface area contributed by atoms with Crippen molar-refractivity contribution in [2.24, 2.45) is 7.05 Å². The van der Waals surface area contributed by atoms with E-state index in [1.165, 1.54) is 42.2 Å². The number of aliphatic hydroxyl groups excluding tert-OH is 1. The molecule has 0 aliphatic carbocycles. The molecule has 2 N–H and O–H groups in total. The molecule has 1 aliphatic rings. The van der Waals surface area contributed by atoms with E-state index < -0.39 is 17.5 Å². The van der Waals surface area contributed by atoms with Crippen LogP contribution in [0.4, 0.5) is 4.39 Å².